The lowest BCUT2D eigenvalue weighted by Gasteiger charge is -2.32. The number of carboxylic acid groups (broad SMARTS) is 2. The molecule has 5 N–H and O–H groups in total. The predicted octanol–water partition coefficient (Wildman–Crippen LogP) is 6.65. The van der Waals surface area contributed by atoms with Gasteiger partial charge in [0.1, 0.15) is 17.7 Å². The summed E-state index contributed by atoms with van der Waals surface area (Å²) in [6.07, 6.45) is -5.07. The number of carbonyl (C=O) groups excluding carboxylic acids is 1. The van der Waals surface area contributed by atoms with E-state index in [1.807, 2.05) is 45.0 Å². The van der Waals surface area contributed by atoms with Gasteiger partial charge in [-0.2, -0.15) is 13.2 Å². The van der Waals surface area contributed by atoms with E-state index in [9.17, 15) is 36.3 Å². The lowest BCUT2D eigenvalue weighted by Crippen LogP contribution is -2.40. The highest BCUT2D eigenvalue weighted by Crippen LogP contribution is 2.43. The molecule has 1 amide bonds. The number of anilines is 2. The van der Waals surface area contributed by atoms with Crippen LogP contribution < -0.4 is 20.5 Å². The number of alkyl halides is 3. The summed E-state index contributed by atoms with van der Waals surface area (Å²) in [6, 6.07) is 18.7. The molecular formula is C38H43F3N4O9S. The van der Waals surface area contributed by atoms with E-state index in [4.69, 9.17) is 25.1 Å². The first-order valence-electron chi connectivity index (χ1n) is 17.3. The minimum Gasteiger partial charge on any atom is -0.490 e. The number of aromatic nitrogens is 1. The van der Waals surface area contributed by atoms with Gasteiger partial charge in [0.15, 0.2) is 21.3 Å². The van der Waals surface area contributed by atoms with Gasteiger partial charge in [-0.25, -0.2) is 18.2 Å². The molecule has 2 heterocycles. The molecule has 5 rings (SSSR count). The van der Waals surface area contributed by atoms with Crippen molar-refractivity contribution in [2.45, 2.75) is 75.5 Å². The molecule has 17 heteroatoms. The van der Waals surface area contributed by atoms with Gasteiger partial charge in [0.05, 0.1) is 34.8 Å². The third-order valence-electron chi connectivity index (χ3n) is 8.68. The van der Waals surface area contributed by atoms with Gasteiger partial charge in [0.2, 0.25) is 5.91 Å². The number of hydrogen-bond acceptors (Lipinski definition) is 10. The SMILES string of the molecule is CCOc1cc([C@@H](Nc2cc3ccccc3c(N)n2)C(=O)N2CCC(C(=O)O)C2c2ccccc2S(=O)(=O)C(C)C)ccc1OC(C)C.O=C(O)C(F)(F)F. The zero-order chi connectivity index (χ0) is 40.8. The maximum Gasteiger partial charge on any atom is 0.490 e. The van der Waals surface area contributed by atoms with E-state index in [0.717, 1.165) is 10.8 Å². The van der Waals surface area contributed by atoms with Crippen molar-refractivity contribution in [3.8, 4) is 11.5 Å². The van der Waals surface area contributed by atoms with Crippen molar-refractivity contribution in [1.82, 2.24) is 9.88 Å². The number of nitrogens with one attached hydrogen (secondary N) is 1. The molecule has 4 aromatic rings. The van der Waals surface area contributed by atoms with Crippen LogP contribution in [0.25, 0.3) is 10.8 Å². The largest absolute Gasteiger partial charge is 0.490 e. The topological polar surface area (TPSA) is 198 Å². The van der Waals surface area contributed by atoms with Gasteiger partial charge >= 0.3 is 18.1 Å². The Morgan fingerprint density at radius 2 is 1.62 bits per heavy atom. The van der Waals surface area contributed by atoms with Gasteiger partial charge in [-0.15, -0.1) is 0 Å². The van der Waals surface area contributed by atoms with E-state index in [2.05, 4.69) is 10.3 Å². The number of benzene rings is 3. The summed E-state index contributed by atoms with van der Waals surface area (Å²) in [7, 11) is -3.82. The number of ether oxygens (including phenoxy) is 2. The fraction of sp³-hybridized carbons (Fsp3) is 0.368. The van der Waals surface area contributed by atoms with Crippen LogP contribution >= 0.6 is 0 Å². The van der Waals surface area contributed by atoms with Gasteiger partial charge in [0.25, 0.3) is 0 Å². The zero-order valence-corrected chi connectivity index (χ0v) is 31.5. The lowest BCUT2D eigenvalue weighted by molar-refractivity contribution is -0.192. The molecule has 55 heavy (non-hydrogen) atoms. The van der Waals surface area contributed by atoms with Crippen molar-refractivity contribution in [3.63, 3.8) is 0 Å². The monoisotopic (exact) mass is 788 g/mol. The molecule has 0 bridgehead atoms. The molecule has 0 spiro atoms. The molecule has 0 radical (unpaired) electrons. The van der Waals surface area contributed by atoms with Gasteiger partial charge in [0, 0.05) is 11.9 Å². The van der Waals surface area contributed by atoms with Gasteiger partial charge in [-0.3, -0.25) is 9.59 Å². The van der Waals surface area contributed by atoms with Crippen LogP contribution in [0.15, 0.2) is 77.7 Å². The molecule has 3 aromatic carbocycles. The fourth-order valence-corrected chi connectivity index (χ4v) is 7.44. The molecule has 3 atom stereocenters. The second-order valence-electron chi connectivity index (χ2n) is 13.1. The maximum atomic E-state index is 14.9. The molecule has 2 unspecified atom stereocenters. The Kier molecular flexibility index (Phi) is 13.2. The average molecular weight is 789 g/mol. The first-order valence-corrected chi connectivity index (χ1v) is 18.8. The van der Waals surface area contributed by atoms with Crippen molar-refractivity contribution in [1.29, 1.82) is 0 Å². The third kappa shape index (κ3) is 9.75. The van der Waals surface area contributed by atoms with Crippen LogP contribution in [0.3, 0.4) is 0 Å². The van der Waals surface area contributed by atoms with Gasteiger partial charge in [-0.1, -0.05) is 48.5 Å². The number of fused-ring (bicyclic) bond motifs is 1. The highest BCUT2D eigenvalue weighted by molar-refractivity contribution is 7.92. The van der Waals surface area contributed by atoms with Crippen LogP contribution in [0, 0.1) is 5.92 Å². The van der Waals surface area contributed by atoms with Crippen LogP contribution in [-0.2, 0) is 24.2 Å². The quantitative estimate of drug-likeness (QED) is 0.119. The number of carbonyl (C=O) groups is 3. The predicted molar refractivity (Wildman–Crippen MR) is 199 cm³/mol. The summed E-state index contributed by atoms with van der Waals surface area (Å²) in [5, 5.41) is 21.5. The number of carboxylic acids is 2. The number of nitrogens with two attached hydrogens (primary N) is 1. The summed E-state index contributed by atoms with van der Waals surface area (Å²) in [5.74, 6) is -3.82. The lowest BCUT2D eigenvalue weighted by atomic mass is 9.93. The zero-order valence-electron chi connectivity index (χ0n) is 30.7. The molecule has 1 aromatic heterocycles. The second kappa shape index (κ2) is 17.3. The summed E-state index contributed by atoms with van der Waals surface area (Å²) < 4.78 is 70.6. The number of halogens is 3. The van der Waals surface area contributed by atoms with E-state index in [1.165, 1.54) is 11.0 Å². The fourth-order valence-electron chi connectivity index (χ4n) is 6.15. The van der Waals surface area contributed by atoms with Gasteiger partial charge in [-0.05, 0) is 81.8 Å². The van der Waals surface area contributed by atoms with Crippen molar-refractivity contribution in [3.05, 3.63) is 83.9 Å². The second-order valence-corrected chi connectivity index (χ2v) is 15.6. The normalized spacial score (nSPS) is 16.4. The van der Waals surface area contributed by atoms with Gasteiger partial charge < -0.3 is 35.6 Å². The minimum absolute atomic E-state index is 0.0123. The summed E-state index contributed by atoms with van der Waals surface area (Å²) in [4.78, 5) is 42.4. The van der Waals surface area contributed by atoms with E-state index >= 15 is 0 Å². The smallest absolute Gasteiger partial charge is 0.490 e. The molecule has 1 aliphatic heterocycles. The Morgan fingerprint density at radius 3 is 2.22 bits per heavy atom. The maximum absolute atomic E-state index is 14.9. The number of hydrogen-bond donors (Lipinski definition) is 4. The van der Waals surface area contributed by atoms with E-state index in [0.29, 0.717) is 29.5 Å². The molecule has 1 saturated heterocycles. The molecule has 296 valence electrons. The Labute approximate surface area is 316 Å². The van der Waals surface area contributed by atoms with Crippen LogP contribution in [0.4, 0.5) is 24.8 Å². The van der Waals surface area contributed by atoms with E-state index < -0.39 is 57.1 Å². The van der Waals surface area contributed by atoms with Crippen molar-refractivity contribution in [2.75, 3.05) is 24.2 Å². The number of sulfone groups is 1. The van der Waals surface area contributed by atoms with Crippen LogP contribution in [0.5, 0.6) is 11.5 Å². The van der Waals surface area contributed by atoms with E-state index in [-0.39, 0.29) is 35.3 Å². The number of pyridine rings is 1. The number of amides is 1. The molecule has 13 nitrogen and oxygen atoms in total. The summed E-state index contributed by atoms with van der Waals surface area (Å²) >= 11 is 0. The standard InChI is InChI=1S/C36H42N4O7S.C2HF3O2/c1-6-46-29-19-24(15-16-28(29)47-21(2)3)32(38-31-20-23-11-7-8-12-25(23)34(37)39-31)35(41)40-18-17-27(36(42)43)33(40)26-13-9-10-14-30(26)48(44,45)22(4)5;3-2(4,5)1(6)7/h7-16,19-22,27,32-33H,6,17-18H2,1-5H3,(H,42,43)(H3,37,38,39);(H,6,7)/t27?,32-,33?;/m1./s1. The Morgan fingerprint density at radius 1 is 0.982 bits per heavy atom. The number of aliphatic carboxylic acids is 2. The molecule has 1 fully saturated rings. The molecular weight excluding hydrogens is 745 g/mol. The Bertz CT molecular complexity index is 2150. The van der Waals surface area contributed by atoms with Crippen LogP contribution in [0.2, 0.25) is 0 Å². The first-order chi connectivity index (χ1) is 25.8. The van der Waals surface area contributed by atoms with Crippen LogP contribution in [-0.4, -0.2) is 77.0 Å². The molecule has 1 aliphatic rings. The van der Waals surface area contributed by atoms with Crippen molar-refractivity contribution < 1.29 is 55.7 Å². The van der Waals surface area contributed by atoms with Crippen molar-refractivity contribution in [2.24, 2.45) is 5.92 Å². The number of likely N-dealkylation sites (tertiary alicyclic amines) is 1. The summed E-state index contributed by atoms with van der Waals surface area (Å²) in [5.41, 5.74) is 7.10. The first kappa shape index (κ1) is 42.2. The van der Waals surface area contributed by atoms with Crippen molar-refractivity contribution >= 4 is 50.1 Å². The number of rotatable bonds is 12. The number of nitrogens with zero attached hydrogens (tertiary/aromatic N) is 2. The molecule has 0 saturated carbocycles. The minimum atomic E-state index is -5.08. The average Bonchev–Trinajstić information content (AvgIpc) is 3.57. The molecule has 0 aliphatic carbocycles. The van der Waals surface area contributed by atoms with E-state index in [1.54, 1.807) is 56.3 Å². The Balaban J connectivity index is 0.000000876. The Hall–Kier alpha value is -5.58. The van der Waals surface area contributed by atoms with Crippen LogP contribution in [0.1, 0.15) is 64.3 Å². The highest BCUT2D eigenvalue weighted by atomic mass is 32.2. The number of nitrogen functional groups attached to an aromatic ring is 1. The third-order valence-corrected chi connectivity index (χ3v) is 10.9. The highest BCUT2D eigenvalue weighted by Gasteiger charge is 2.46. The summed E-state index contributed by atoms with van der Waals surface area (Å²) in [6.45, 7) is 9.23.